The number of rotatable bonds is 1. The molecule has 0 radical (unpaired) electrons. The van der Waals surface area contributed by atoms with Crippen molar-refractivity contribution >= 4 is 32.5 Å². The van der Waals surface area contributed by atoms with Crippen molar-refractivity contribution in [3.63, 3.8) is 0 Å². The second kappa shape index (κ2) is 4.90. The number of aryl methyl sites for hydroxylation is 1. The molecule has 2 aromatic carbocycles. The fraction of sp³-hybridized carbons (Fsp3) is 0.0556. The molecule has 1 aromatic heterocycles. The number of phenols is 1. The van der Waals surface area contributed by atoms with E-state index in [1.807, 2.05) is 24.3 Å². The fourth-order valence-corrected chi connectivity index (χ4v) is 3.95. The number of aromatic nitrogens is 3. The first-order valence-electron chi connectivity index (χ1n) is 7.63. The molecule has 25 heavy (non-hydrogen) atoms. The molecule has 0 aliphatic carbocycles. The Morgan fingerprint density at radius 2 is 2.00 bits per heavy atom. The summed E-state index contributed by atoms with van der Waals surface area (Å²) in [5, 5.41) is 15.6. The Bertz CT molecular complexity index is 1270. The Labute approximate surface area is 144 Å². The standard InChI is InChI=1S/C18H11N3O3S/c1-9-14-16(15-11(22)6-4-7-12(15)24-9)20-21(17(14)23)18-19-10-5-2-3-8-13(10)25-18/h2-8,22H,1H3. The SMILES string of the molecule is Cc1oc2cccc(O)c2c2nn(-c3nc4ccccc4s3)c(=O)c1-2. The molecule has 0 bridgehead atoms. The molecule has 0 atom stereocenters. The van der Waals surface area contributed by atoms with Crippen LogP contribution in [0.2, 0.25) is 0 Å². The highest BCUT2D eigenvalue weighted by atomic mass is 32.1. The Morgan fingerprint density at radius 1 is 1.16 bits per heavy atom. The Kier molecular flexibility index (Phi) is 2.78. The summed E-state index contributed by atoms with van der Waals surface area (Å²) in [4.78, 5) is 17.4. The van der Waals surface area contributed by atoms with Crippen LogP contribution in [0.5, 0.6) is 5.75 Å². The van der Waals surface area contributed by atoms with Crippen molar-refractivity contribution in [3.05, 3.63) is 58.6 Å². The molecule has 7 heteroatoms. The lowest BCUT2D eigenvalue weighted by atomic mass is 10.1. The zero-order valence-corrected chi connectivity index (χ0v) is 13.9. The minimum atomic E-state index is -0.305. The van der Waals surface area contributed by atoms with E-state index in [9.17, 15) is 9.90 Å². The zero-order valence-electron chi connectivity index (χ0n) is 13.1. The number of para-hydroxylation sites is 1. The van der Waals surface area contributed by atoms with Crippen LogP contribution in [0, 0.1) is 6.92 Å². The molecule has 0 unspecified atom stereocenters. The minimum Gasteiger partial charge on any atom is -0.507 e. The van der Waals surface area contributed by atoms with E-state index in [2.05, 4.69) is 10.1 Å². The molecule has 1 N–H and O–H groups in total. The van der Waals surface area contributed by atoms with Crippen molar-refractivity contribution < 1.29 is 9.52 Å². The van der Waals surface area contributed by atoms with E-state index in [4.69, 9.17) is 4.42 Å². The molecule has 5 rings (SSSR count). The number of phenolic OH excluding ortho intramolecular Hbond substituents is 1. The van der Waals surface area contributed by atoms with Gasteiger partial charge in [0.2, 0.25) is 5.13 Å². The van der Waals surface area contributed by atoms with Crippen LogP contribution in [0.4, 0.5) is 0 Å². The Hall–Kier alpha value is -3.19. The molecule has 3 aromatic rings. The monoisotopic (exact) mass is 349 g/mol. The molecule has 3 heterocycles. The van der Waals surface area contributed by atoms with Crippen LogP contribution in [0.25, 0.3) is 37.6 Å². The molecule has 0 saturated heterocycles. The van der Waals surface area contributed by atoms with Gasteiger partial charge in [-0.1, -0.05) is 29.5 Å². The van der Waals surface area contributed by atoms with Crippen LogP contribution in [-0.2, 0) is 0 Å². The van der Waals surface area contributed by atoms with Gasteiger partial charge >= 0.3 is 0 Å². The van der Waals surface area contributed by atoms with E-state index in [-0.39, 0.29) is 11.3 Å². The predicted octanol–water partition coefficient (Wildman–Crippen LogP) is 3.71. The molecule has 6 nitrogen and oxygen atoms in total. The molecular formula is C18H11N3O3S. The summed E-state index contributed by atoms with van der Waals surface area (Å²) in [6.45, 7) is 1.72. The zero-order chi connectivity index (χ0) is 17.1. The van der Waals surface area contributed by atoms with Gasteiger partial charge in [0.15, 0.2) is 0 Å². The van der Waals surface area contributed by atoms with Crippen LogP contribution in [0.3, 0.4) is 0 Å². The summed E-state index contributed by atoms with van der Waals surface area (Å²) in [6.07, 6.45) is 0. The van der Waals surface area contributed by atoms with E-state index in [0.29, 0.717) is 33.1 Å². The molecule has 0 fully saturated rings. The topological polar surface area (TPSA) is 81.2 Å². The minimum absolute atomic E-state index is 0.0280. The van der Waals surface area contributed by atoms with Gasteiger partial charge in [-0.3, -0.25) is 4.79 Å². The van der Waals surface area contributed by atoms with Gasteiger partial charge in [0.25, 0.3) is 5.56 Å². The summed E-state index contributed by atoms with van der Waals surface area (Å²) >= 11 is 1.39. The molecule has 122 valence electrons. The fourth-order valence-electron chi connectivity index (χ4n) is 3.03. The van der Waals surface area contributed by atoms with E-state index >= 15 is 0 Å². The number of thiazole rings is 1. The number of benzene rings is 2. The predicted molar refractivity (Wildman–Crippen MR) is 95.8 cm³/mol. The van der Waals surface area contributed by atoms with Gasteiger partial charge in [0.1, 0.15) is 28.4 Å². The Morgan fingerprint density at radius 3 is 2.84 bits per heavy atom. The van der Waals surface area contributed by atoms with Crippen molar-refractivity contribution in [1.29, 1.82) is 0 Å². The normalized spacial score (nSPS) is 11.7. The second-order valence-electron chi connectivity index (χ2n) is 5.71. The van der Waals surface area contributed by atoms with Gasteiger partial charge in [-0.15, -0.1) is 0 Å². The van der Waals surface area contributed by atoms with Gasteiger partial charge in [0.05, 0.1) is 15.6 Å². The van der Waals surface area contributed by atoms with E-state index in [1.165, 1.54) is 16.0 Å². The second-order valence-corrected chi connectivity index (χ2v) is 6.72. The van der Waals surface area contributed by atoms with Crippen molar-refractivity contribution in [2.75, 3.05) is 0 Å². The average molecular weight is 349 g/mol. The molecular weight excluding hydrogens is 338 g/mol. The third kappa shape index (κ3) is 1.93. The van der Waals surface area contributed by atoms with Crippen molar-refractivity contribution in [2.45, 2.75) is 6.92 Å². The smallest absolute Gasteiger partial charge is 0.286 e. The quantitative estimate of drug-likeness (QED) is 0.499. The molecule has 0 spiro atoms. The first-order valence-corrected chi connectivity index (χ1v) is 8.45. The van der Waals surface area contributed by atoms with Crippen molar-refractivity contribution in [1.82, 2.24) is 14.8 Å². The maximum absolute atomic E-state index is 12.9. The van der Waals surface area contributed by atoms with Crippen molar-refractivity contribution in [2.24, 2.45) is 0 Å². The number of hydrogen-bond acceptors (Lipinski definition) is 6. The van der Waals surface area contributed by atoms with E-state index in [0.717, 1.165) is 10.2 Å². The first kappa shape index (κ1) is 14.2. The van der Waals surface area contributed by atoms with Crippen molar-refractivity contribution in [3.8, 4) is 22.1 Å². The lowest BCUT2D eigenvalue weighted by molar-refractivity contribution is 0.479. The van der Waals surface area contributed by atoms with Gasteiger partial charge < -0.3 is 9.52 Å². The molecule has 0 saturated carbocycles. The highest BCUT2D eigenvalue weighted by Gasteiger charge is 2.26. The van der Waals surface area contributed by atoms with Crippen LogP contribution in [-0.4, -0.2) is 19.9 Å². The molecule has 2 aliphatic heterocycles. The summed E-state index contributed by atoms with van der Waals surface area (Å²) in [5.74, 6) is 0.491. The van der Waals surface area contributed by atoms with Gasteiger partial charge in [-0.05, 0) is 31.2 Å². The lowest BCUT2D eigenvalue weighted by Crippen LogP contribution is -2.14. The molecule has 2 aliphatic rings. The van der Waals surface area contributed by atoms with Crippen LogP contribution in [0.1, 0.15) is 5.76 Å². The van der Waals surface area contributed by atoms with E-state index in [1.54, 1.807) is 25.1 Å². The van der Waals surface area contributed by atoms with E-state index < -0.39 is 0 Å². The number of aromatic hydroxyl groups is 1. The highest BCUT2D eigenvalue weighted by Crippen LogP contribution is 2.36. The largest absolute Gasteiger partial charge is 0.507 e. The summed E-state index contributed by atoms with van der Waals surface area (Å²) in [5.41, 5.74) is 1.77. The third-order valence-electron chi connectivity index (χ3n) is 4.16. The first-order chi connectivity index (χ1) is 12.1. The Balaban J connectivity index is 1.90. The van der Waals surface area contributed by atoms with Crippen LogP contribution >= 0.6 is 11.3 Å². The summed E-state index contributed by atoms with van der Waals surface area (Å²) < 4.78 is 7.97. The van der Waals surface area contributed by atoms with Gasteiger partial charge in [-0.25, -0.2) is 4.98 Å². The summed E-state index contributed by atoms with van der Waals surface area (Å²) in [6, 6.07) is 12.6. The highest BCUT2D eigenvalue weighted by molar-refractivity contribution is 7.20. The van der Waals surface area contributed by atoms with Gasteiger partial charge in [-0.2, -0.15) is 9.78 Å². The number of fused-ring (bicyclic) bond motifs is 4. The maximum Gasteiger partial charge on any atom is 0.286 e. The summed E-state index contributed by atoms with van der Waals surface area (Å²) in [7, 11) is 0. The van der Waals surface area contributed by atoms with Crippen LogP contribution < -0.4 is 5.56 Å². The van der Waals surface area contributed by atoms with Gasteiger partial charge in [0, 0.05) is 0 Å². The average Bonchev–Trinajstić information content (AvgIpc) is 3.16. The van der Waals surface area contributed by atoms with Crippen LogP contribution in [0.15, 0.2) is 51.7 Å². The lowest BCUT2D eigenvalue weighted by Gasteiger charge is -2.06. The number of hydrogen-bond donors (Lipinski definition) is 1. The third-order valence-corrected chi connectivity index (χ3v) is 5.17. The molecule has 0 amide bonds. The maximum atomic E-state index is 12.9. The number of nitrogens with zero attached hydrogens (tertiary/aromatic N) is 3.